The summed E-state index contributed by atoms with van der Waals surface area (Å²) in [5.74, 6) is 0.0208. The quantitative estimate of drug-likeness (QED) is 0.848. The van der Waals surface area contributed by atoms with Gasteiger partial charge in [0.2, 0.25) is 5.91 Å². The third kappa shape index (κ3) is 4.22. The number of hydrogen-bond acceptors (Lipinski definition) is 1. The van der Waals surface area contributed by atoms with E-state index >= 15 is 0 Å². The van der Waals surface area contributed by atoms with Gasteiger partial charge in [-0.1, -0.05) is 46.6 Å². The standard InChI is InChI=1S/C11H13BrClNO/c1-2-10(12)11(15)14-7-8-3-5-9(13)6-4-8/h3-6,10H,2,7H2,1H3,(H,14,15). The molecule has 0 saturated carbocycles. The average Bonchev–Trinajstić information content (AvgIpc) is 2.26. The minimum Gasteiger partial charge on any atom is -0.351 e. The molecule has 1 unspecified atom stereocenters. The van der Waals surface area contributed by atoms with Crippen LogP contribution in [-0.2, 0) is 11.3 Å². The molecule has 1 atom stereocenters. The summed E-state index contributed by atoms with van der Waals surface area (Å²) in [5.41, 5.74) is 1.04. The second-order valence-electron chi connectivity index (χ2n) is 3.22. The molecule has 1 amide bonds. The second-order valence-corrected chi connectivity index (χ2v) is 4.76. The summed E-state index contributed by atoms with van der Waals surface area (Å²) >= 11 is 9.05. The van der Waals surface area contributed by atoms with Gasteiger partial charge in [0.15, 0.2) is 0 Å². The third-order valence-corrected chi connectivity index (χ3v) is 3.34. The zero-order valence-corrected chi connectivity index (χ0v) is 10.8. The summed E-state index contributed by atoms with van der Waals surface area (Å²) in [4.78, 5) is 11.3. The van der Waals surface area contributed by atoms with Gasteiger partial charge >= 0.3 is 0 Å². The van der Waals surface area contributed by atoms with Crippen LogP contribution in [0.1, 0.15) is 18.9 Å². The maximum absolute atomic E-state index is 11.4. The van der Waals surface area contributed by atoms with Crippen LogP contribution in [-0.4, -0.2) is 10.7 Å². The summed E-state index contributed by atoms with van der Waals surface area (Å²) in [6, 6.07) is 7.43. The van der Waals surface area contributed by atoms with Crippen molar-refractivity contribution in [1.82, 2.24) is 5.32 Å². The van der Waals surface area contributed by atoms with Crippen molar-refractivity contribution in [2.24, 2.45) is 0 Å². The Morgan fingerprint density at radius 1 is 1.47 bits per heavy atom. The predicted octanol–water partition coefficient (Wildman–Crippen LogP) is 3.13. The number of hydrogen-bond donors (Lipinski definition) is 1. The maximum atomic E-state index is 11.4. The van der Waals surface area contributed by atoms with Gasteiger partial charge in [-0.25, -0.2) is 0 Å². The Morgan fingerprint density at radius 2 is 2.07 bits per heavy atom. The van der Waals surface area contributed by atoms with E-state index in [1.54, 1.807) is 0 Å². The third-order valence-electron chi connectivity index (χ3n) is 2.02. The molecule has 0 aromatic heterocycles. The highest BCUT2D eigenvalue weighted by atomic mass is 79.9. The van der Waals surface area contributed by atoms with Gasteiger partial charge in [0.1, 0.15) is 0 Å². The lowest BCUT2D eigenvalue weighted by Gasteiger charge is -2.08. The van der Waals surface area contributed by atoms with Crippen LogP contribution in [0.3, 0.4) is 0 Å². The van der Waals surface area contributed by atoms with E-state index in [-0.39, 0.29) is 10.7 Å². The predicted molar refractivity (Wildman–Crippen MR) is 66.3 cm³/mol. The Morgan fingerprint density at radius 3 is 2.60 bits per heavy atom. The lowest BCUT2D eigenvalue weighted by atomic mass is 10.2. The lowest BCUT2D eigenvalue weighted by Crippen LogP contribution is -2.30. The second kappa shape index (κ2) is 6.13. The summed E-state index contributed by atoms with van der Waals surface area (Å²) in [5, 5.41) is 3.55. The first-order chi connectivity index (χ1) is 7.13. The number of benzene rings is 1. The Labute approximate surface area is 103 Å². The van der Waals surface area contributed by atoms with Crippen LogP contribution < -0.4 is 5.32 Å². The topological polar surface area (TPSA) is 29.1 Å². The molecule has 0 spiro atoms. The Hall–Kier alpha value is -0.540. The lowest BCUT2D eigenvalue weighted by molar-refractivity contribution is -0.120. The van der Waals surface area contributed by atoms with Gasteiger partial charge in [-0.15, -0.1) is 0 Å². The number of rotatable bonds is 4. The van der Waals surface area contributed by atoms with E-state index in [0.29, 0.717) is 11.6 Å². The Bertz CT molecular complexity index is 326. The van der Waals surface area contributed by atoms with Crippen LogP contribution in [0.25, 0.3) is 0 Å². The molecule has 2 nitrogen and oxygen atoms in total. The van der Waals surface area contributed by atoms with Crippen LogP contribution in [0.2, 0.25) is 5.02 Å². The van der Waals surface area contributed by atoms with Gasteiger partial charge in [-0.2, -0.15) is 0 Å². The molecule has 1 aromatic rings. The molecule has 0 saturated heterocycles. The van der Waals surface area contributed by atoms with Crippen LogP contribution in [0.5, 0.6) is 0 Å². The van der Waals surface area contributed by atoms with Crippen molar-refractivity contribution in [3.8, 4) is 0 Å². The molecule has 0 aliphatic rings. The first kappa shape index (κ1) is 12.5. The van der Waals surface area contributed by atoms with Gasteiger partial charge in [-0.05, 0) is 24.1 Å². The number of alkyl halides is 1. The van der Waals surface area contributed by atoms with Crippen molar-refractivity contribution in [2.45, 2.75) is 24.7 Å². The van der Waals surface area contributed by atoms with Crippen LogP contribution in [0.4, 0.5) is 0 Å². The van der Waals surface area contributed by atoms with Gasteiger partial charge in [-0.3, -0.25) is 4.79 Å². The smallest absolute Gasteiger partial charge is 0.234 e. The van der Waals surface area contributed by atoms with Crippen LogP contribution >= 0.6 is 27.5 Å². The van der Waals surface area contributed by atoms with E-state index in [0.717, 1.165) is 12.0 Å². The normalized spacial score (nSPS) is 12.2. The molecule has 1 rings (SSSR count). The molecule has 0 heterocycles. The van der Waals surface area contributed by atoms with E-state index < -0.39 is 0 Å². The fourth-order valence-corrected chi connectivity index (χ4v) is 1.38. The van der Waals surface area contributed by atoms with E-state index in [9.17, 15) is 4.79 Å². The van der Waals surface area contributed by atoms with Crippen molar-refractivity contribution < 1.29 is 4.79 Å². The van der Waals surface area contributed by atoms with Gasteiger partial charge in [0.25, 0.3) is 0 Å². The fourth-order valence-electron chi connectivity index (χ4n) is 1.09. The molecule has 0 fully saturated rings. The van der Waals surface area contributed by atoms with Crippen molar-refractivity contribution in [1.29, 1.82) is 0 Å². The van der Waals surface area contributed by atoms with E-state index in [2.05, 4.69) is 21.2 Å². The number of carbonyl (C=O) groups excluding carboxylic acids is 1. The zero-order valence-electron chi connectivity index (χ0n) is 8.47. The molecule has 0 aliphatic heterocycles. The molecule has 82 valence electrons. The van der Waals surface area contributed by atoms with Gasteiger partial charge in [0, 0.05) is 11.6 Å². The molecular formula is C11H13BrClNO. The van der Waals surface area contributed by atoms with Crippen LogP contribution in [0, 0.1) is 0 Å². The monoisotopic (exact) mass is 289 g/mol. The van der Waals surface area contributed by atoms with Gasteiger partial charge < -0.3 is 5.32 Å². The molecule has 15 heavy (non-hydrogen) atoms. The van der Waals surface area contributed by atoms with Crippen molar-refractivity contribution >= 4 is 33.4 Å². The summed E-state index contributed by atoms with van der Waals surface area (Å²) in [6.07, 6.45) is 0.784. The molecule has 1 N–H and O–H groups in total. The molecular weight excluding hydrogens is 277 g/mol. The number of carbonyl (C=O) groups is 1. The largest absolute Gasteiger partial charge is 0.351 e. The molecule has 1 aromatic carbocycles. The summed E-state index contributed by atoms with van der Waals surface area (Å²) in [7, 11) is 0. The molecule has 0 bridgehead atoms. The first-order valence-electron chi connectivity index (χ1n) is 4.79. The van der Waals surface area contributed by atoms with Crippen LogP contribution in [0.15, 0.2) is 24.3 Å². The van der Waals surface area contributed by atoms with Crippen molar-refractivity contribution in [2.75, 3.05) is 0 Å². The molecule has 0 radical (unpaired) electrons. The highest BCUT2D eigenvalue weighted by Gasteiger charge is 2.10. The number of nitrogens with one attached hydrogen (secondary N) is 1. The minimum absolute atomic E-state index is 0.0208. The zero-order chi connectivity index (χ0) is 11.3. The minimum atomic E-state index is -0.107. The molecule has 4 heteroatoms. The molecule has 0 aliphatic carbocycles. The first-order valence-corrected chi connectivity index (χ1v) is 6.09. The fraction of sp³-hybridized carbons (Fsp3) is 0.364. The highest BCUT2D eigenvalue weighted by molar-refractivity contribution is 9.10. The van der Waals surface area contributed by atoms with Crippen molar-refractivity contribution in [3.63, 3.8) is 0 Å². The SMILES string of the molecule is CCC(Br)C(=O)NCc1ccc(Cl)cc1. The van der Waals surface area contributed by atoms with E-state index in [1.807, 2.05) is 31.2 Å². The average molecular weight is 291 g/mol. The van der Waals surface area contributed by atoms with Gasteiger partial charge in [0.05, 0.1) is 4.83 Å². The Balaban J connectivity index is 2.43. The van der Waals surface area contributed by atoms with E-state index in [4.69, 9.17) is 11.6 Å². The Kier molecular flexibility index (Phi) is 5.12. The summed E-state index contributed by atoms with van der Waals surface area (Å²) < 4.78 is 0. The maximum Gasteiger partial charge on any atom is 0.234 e. The van der Waals surface area contributed by atoms with E-state index in [1.165, 1.54) is 0 Å². The number of amides is 1. The summed E-state index contributed by atoms with van der Waals surface area (Å²) in [6.45, 7) is 2.50. The highest BCUT2D eigenvalue weighted by Crippen LogP contribution is 2.10. The van der Waals surface area contributed by atoms with Crippen molar-refractivity contribution in [3.05, 3.63) is 34.9 Å². The number of halogens is 2.